The molecule has 2 aliphatic rings. The maximum absolute atomic E-state index is 6.37. The van der Waals surface area contributed by atoms with E-state index in [1.54, 1.807) is 0 Å². The summed E-state index contributed by atoms with van der Waals surface area (Å²) in [6.45, 7) is 3.83. The molecule has 0 bridgehead atoms. The normalized spacial score (nSPS) is 27.1. The van der Waals surface area contributed by atoms with Crippen molar-refractivity contribution in [2.75, 3.05) is 18.5 Å². The standard InChI is InChI=1S/C18H19ClN2O/c1-2-17-20-16-9-8-14(19)12-15(16)18(21(17)10-11-22-18)13-6-4-3-5-7-13/h3-9,12,17,20H,2,10-11H2,1H3. The number of rotatable bonds is 2. The fraction of sp³-hybridized carbons (Fsp3) is 0.333. The molecule has 2 aromatic carbocycles. The molecule has 2 aromatic rings. The van der Waals surface area contributed by atoms with Gasteiger partial charge in [0.2, 0.25) is 0 Å². The van der Waals surface area contributed by atoms with Crippen LogP contribution in [0, 0.1) is 0 Å². The van der Waals surface area contributed by atoms with Gasteiger partial charge in [0.1, 0.15) is 0 Å². The molecule has 4 heteroatoms. The summed E-state index contributed by atoms with van der Waals surface area (Å²) >= 11 is 6.28. The van der Waals surface area contributed by atoms with Crippen LogP contribution in [0.15, 0.2) is 48.5 Å². The van der Waals surface area contributed by atoms with Crippen molar-refractivity contribution in [2.45, 2.75) is 25.2 Å². The number of nitrogens with one attached hydrogen (secondary N) is 1. The quantitative estimate of drug-likeness (QED) is 0.905. The van der Waals surface area contributed by atoms with Crippen molar-refractivity contribution in [1.82, 2.24) is 4.90 Å². The number of hydrogen-bond donors (Lipinski definition) is 1. The third kappa shape index (κ3) is 1.89. The molecule has 1 N–H and O–H groups in total. The van der Waals surface area contributed by atoms with Crippen LogP contribution in [0.3, 0.4) is 0 Å². The Balaban J connectivity index is 1.98. The minimum atomic E-state index is -0.534. The van der Waals surface area contributed by atoms with E-state index in [1.165, 1.54) is 0 Å². The molecule has 2 unspecified atom stereocenters. The molecule has 3 nitrogen and oxygen atoms in total. The molecular formula is C18H19ClN2O. The van der Waals surface area contributed by atoms with Crippen molar-refractivity contribution >= 4 is 17.3 Å². The van der Waals surface area contributed by atoms with E-state index in [1.807, 2.05) is 18.2 Å². The number of anilines is 1. The highest BCUT2D eigenvalue weighted by molar-refractivity contribution is 6.30. The maximum Gasteiger partial charge on any atom is 0.177 e. The van der Waals surface area contributed by atoms with E-state index in [-0.39, 0.29) is 6.17 Å². The molecule has 0 aromatic heterocycles. The van der Waals surface area contributed by atoms with Crippen molar-refractivity contribution in [3.8, 4) is 0 Å². The molecule has 114 valence electrons. The highest BCUT2D eigenvalue weighted by Crippen LogP contribution is 2.48. The molecule has 1 saturated heterocycles. The van der Waals surface area contributed by atoms with Crippen LogP contribution in [0.2, 0.25) is 5.02 Å². The van der Waals surface area contributed by atoms with Gasteiger partial charge >= 0.3 is 0 Å². The molecule has 22 heavy (non-hydrogen) atoms. The molecule has 1 fully saturated rings. The van der Waals surface area contributed by atoms with Gasteiger partial charge in [-0.3, -0.25) is 0 Å². The number of ether oxygens (including phenoxy) is 1. The second-order valence-corrected chi connectivity index (χ2v) is 6.25. The van der Waals surface area contributed by atoms with E-state index < -0.39 is 5.72 Å². The number of halogens is 1. The fourth-order valence-electron chi connectivity index (χ4n) is 3.71. The predicted molar refractivity (Wildman–Crippen MR) is 89.0 cm³/mol. The van der Waals surface area contributed by atoms with Gasteiger partial charge in [0.15, 0.2) is 5.72 Å². The van der Waals surface area contributed by atoms with Crippen LogP contribution in [0.25, 0.3) is 0 Å². The smallest absolute Gasteiger partial charge is 0.177 e. The summed E-state index contributed by atoms with van der Waals surface area (Å²) in [6, 6.07) is 16.5. The largest absolute Gasteiger partial charge is 0.369 e. The lowest BCUT2D eigenvalue weighted by Gasteiger charge is -2.47. The summed E-state index contributed by atoms with van der Waals surface area (Å²) in [4.78, 5) is 2.42. The van der Waals surface area contributed by atoms with E-state index in [0.29, 0.717) is 0 Å². The Bertz CT molecular complexity index is 691. The molecule has 0 spiro atoms. The van der Waals surface area contributed by atoms with Crippen molar-refractivity contribution in [3.05, 3.63) is 64.7 Å². The Morgan fingerprint density at radius 1 is 1.27 bits per heavy atom. The Hall–Kier alpha value is -1.55. The average Bonchev–Trinajstić information content (AvgIpc) is 3.01. The Morgan fingerprint density at radius 3 is 2.86 bits per heavy atom. The van der Waals surface area contributed by atoms with Crippen LogP contribution in [0.4, 0.5) is 5.69 Å². The van der Waals surface area contributed by atoms with Gasteiger partial charge in [-0.1, -0.05) is 48.9 Å². The third-order valence-corrected chi connectivity index (χ3v) is 4.88. The van der Waals surface area contributed by atoms with Crippen molar-refractivity contribution < 1.29 is 4.74 Å². The zero-order valence-corrected chi connectivity index (χ0v) is 13.3. The molecule has 0 amide bonds. The Morgan fingerprint density at radius 2 is 2.09 bits per heavy atom. The molecule has 2 aliphatic heterocycles. The minimum absolute atomic E-state index is 0.261. The van der Waals surface area contributed by atoms with E-state index in [2.05, 4.69) is 47.5 Å². The zero-order chi connectivity index (χ0) is 15.2. The predicted octanol–water partition coefficient (Wildman–Crippen LogP) is 4.03. The van der Waals surface area contributed by atoms with Crippen LogP contribution in [-0.2, 0) is 10.5 Å². The summed E-state index contributed by atoms with van der Waals surface area (Å²) in [6.07, 6.45) is 1.27. The first-order chi connectivity index (χ1) is 10.8. The van der Waals surface area contributed by atoms with Crippen molar-refractivity contribution in [3.63, 3.8) is 0 Å². The maximum atomic E-state index is 6.37. The fourth-order valence-corrected chi connectivity index (χ4v) is 3.88. The lowest BCUT2D eigenvalue weighted by Crippen LogP contribution is -2.55. The number of benzene rings is 2. The summed E-state index contributed by atoms with van der Waals surface area (Å²) in [5, 5.41) is 4.36. The van der Waals surface area contributed by atoms with Crippen molar-refractivity contribution in [1.29, 1.82) is 0 Å². The van der Waals surface area contributed by atoms with Gasteiger partial charge in [0, 0.05) is 28.4 Å². The number of fused-ring (bicyclic) bond motifs is 3. The van der Waals surface area contributed by atoms with Crippen LogP contribution >= 0.6 is 11.6 Å². The van der Waals surface area contributed by atoms with Crippen LogP contribution < -0.4 is 5.32 Å². The summed E-state index contributed by atoms with van der Waals surface area (Å²) < 4.78 is 6.37. The van der Waals surface area contributed by atoms with Gasteiger partial charge in [-0.2, -0.15) is 0 Å². The van der Waals surface area contributed by atoms with Crippen LogP contribution in [0.5, 0.6) is 0 Å². The van der Waals surface area contributed by atoms with Crippen molar-refractivity contribution in [2.24, 2.45) is 0 Å². The van der Waals surface area contributed by atoms with Crippen LogP contribution in [0.1, 0.15) is 24.5 Å². The number of nitrogens with zero attached hydrogens (tertiary/aromatic N) is 1. The first-order valence-corrected chi connectivity index (χ1v) is 8.16. The molecule has 0 radical (unpaired) electrons. The zero-order valence-electron chi connectivity index (χ0n) is 12.6. The van der Waals surface area contributed by atoms with E-state index in [4.69, 9.17) is 16.3 Å². The molecule has 2 heterocycles. The Kier molecular flexibility index (Phi) is 3.37. The van der Waals surface area contributed by atoms with Gasteiger partial charge < -0.3 is 10.1 Å². The first kappa shape index (κ1) is 14.1. The lowest BCUT2D eigenvalue weighted by atomic mass is 9.88. The minimum Gasteiger partial charge on any atom is -0.369 e. The second-order valence-electron chi connectivity index (χ2n) is 5.81. The second kappa shape index (κ2) is 5.27. The summed E-state index contributed by atoms with van der Waals surface area (Å²) in [5.41, 5.74) is 2.84. The molecule has 4 rings (SSSR count). The van der Waals surface area contributed by atoms with E-state index in [9.17, 15) is 0 Å². The van der Waals surface area contributed by atoms with E-state index >= 15 is 0 Å². The highest BCUT2D eigenvalue weighted by Gasteiger charge is 2.52. The molecule has 0 saturated carbocycles. The average molecular weight is 315 g/mol. The number of hydrogen-bond acceptors (Lipinski definition) is 3. The molecular weight excluding hydrogens is 296 g/mol. The van der Waals surface area contributed by atoms with E-state index in [0.717, 1.165) is 41.4 Å². The summed E-state index contributed by atoms with van der Waals surface area (Å²) in [5.74, 6) is 0. The van der Waals surface area contributed by atoms with Gasteiger partial charge in [0.05, 0.1) is 12.8 Å². The monoisotopic (exact) mass is 314 g/mol. The van der Waals surface area contributed by atoms with Gasteiger partial charge in [-0.15, -0.1) is 0 Å². The van der Waals surface area contributed by atoms with Gasteiger partial charge in [0.25, 0.3) is 0 Å². The van der Waals surface area contributed by atoms with Gasteiger partial charge in [-0.25, -0.2) is 4.90 Å². The van der Waals surface area contributed by atoms with Crippen LogP contribution in [-0.4, -0.2) is 24.2 Å². The Labute approximate surface area is 135 Å². The van der Waals surface area contributed by atoms with Gasteiger partial charge in [-0.05, 0) is 24.6 Å². The molecule has 2 atom stereocenters. The first-order valence-electron chi connectivity index (χ1n) is 7.78. The lowest BCUT2D eigenvalue weighted by molar-refractivity contribution is -0.0714. The topological polar surface area (TPSA) is 24.5 Å². The molecule has 0 aliphatic carbocycles. The third-order valence-electron chi connectivity index (χ3n) is 4.64. The SMILES string of the molecule is CCC1Nc2ccc(Cl)cc2C2(c3ccccc3)OCCN12. The highest BCUT2D eigenvalue weighted by atomic mass is 35.5. The summed E-state index contributed by atoms with van der Waals surface area (Å²) in [7, 11) is 0.